The third-order valence-electron chi connectivity index (χ3n) is 2.97. The van der Waals surface area contributed by atoms with Gasteiger partial charge in [-0.25, -0.2) is 0 Å². The molecule has 1 aromatic rings. The lowest BCUT2D eigenvalue weighted by Crippen LogP contribution is -2.35. The molecule has 1 heterocycles. The molecule has 1 N–H and O–H groups in total. The van der Waals surface area contributed by atoms with Gasteiger partial charge in [0.15, 0.2) is 0 Å². The molecule has 1 atom stereocenters. The number of rotatable bonds is 1. The van der Waals surface area contributed by atoms with E-state index >= 15 is 0 Å². The lowest BCUT2D eigenvalue weighted by Gasteiger charge is -2.22. The first-order valence-corrected chi connectivity index (χ1v) is 5.33. The van der Waals surface area contributed by atoms with E-state index < -0.39 is 0 Å². The van der Waals surface area contributed by atoms with Gasteiger partial charge in [0.25, 0.3) is 0 Å². The Labute approximate surface area is 85.9 Å². The highest BCUT2D eigenvalue weighted by Gasteiger charge is 2.16. The first-order chi connectivity index (χ1) is 6.81. The van der Waals surface area contributed by atoms with Crippen LogP contribution in [0.15, 0.2) is 24.3 Å². The van der Waals surface area contributed by atoms with Crippen molar-refractivity contribution in [1.82, 2.24) is 5.32 Å². The summed E-state index contributed by atoms with van der Waals surface area (Å²) in [5.41, 5.74) is 2.78. The highest BCUT2D eigenvalue weighted by Crippen LogP contribution is 2.22. The summed E-state index contributed by atoms with van der Waals surface area (Å²) in [4.78, 5) is 2.35. The van der Waals surface area contributed by atoms with Crippen molar-refractivity contribution in [2.24, 2.45) is 0 Å². The average molecular weight is 190 g/mol. The van der Waals surface area contributed by atoms with E-state index in [9.17, 15) is 0 Å². The number of nitrogens with zero attached hydrogens (tertiary/aromatic N) is 1. The summed E-state index contributed by atoms with van der Waals surface area (Å²) in [6.07, 6.45) is 1.19. The number of hydrogen-bond donors (Lipinski definition) is 1. The molecule has 0 aliphatic carbocycles. The van der Waals surface area contributed by atoms with Crippen LogP contribution in [-0.2, 0) is 6.54 Å². The van der Waals surface area contributed by atoms with E-state index in [0.29, 0.717) is 6.04 Å². The first kappa shape index (κ1) is 9.53. The number of likely N-dealkylation sites (N-methyl/N-ethyl adjacent to an activating group) is 1. The minimum Gasteiger partial charge on any atom is -0.373 e. The number of anilines is 1. The van der Waals surface area contributed by atoms with Crippen LogP contribution in [0.25, 0.3) is 0 Å². The van der Waals surface area contributed by atoms with E-state index in [1.54, 1.807) is 0 Å². The maximum Gasteiger partial charge on any atom is 0.0409 e. The largest absolute Gasteiger partial charge is 0.373 e. The van der Waals surface area contributed by atoms with Crippen LogP contribution in [0, 0.1) is 0 Å². The van der Waals surface area contributed by atoms with Crippen molar-refractivity contribution in [2.45, 2.75) is 25.9 Å². The van der Waals surface area contributed by atoms with Crippen LogP contribution in [0.1, 0.15) is 18.9 Å². The number of hydrogen-bond acceptors (Lipinski definition) is 2. The van der Waals surface area contributed by atoms with Gasteiger partial charge in [0.05, 0.1) is 0 Å². The standard InChI is InChI=1S/C12H18N2/c1-3-11-9-14(2)12-7-5-4-6-10(12)8-13-11/h4-7,11,13H,3,8-9H2,1-2H3. The minimum atomic E-state index is 0.618. The van der Waals surface area contributed by atoms with Gasteiger partial charge in [-0.3, -0.25) is 0 Å². The van der Waals surface area contributed by atoms with Crippen LogP contribution in [0.4, 0.5) is 5.69 Å². The zero-order valence-corrected chi connectivity index (χ0v) is 8.96. The maximum absolute atomic E-state index is 3.58. The van der Waals surface area contributed by atoms with Crippen LogP contribution >= 0.6 is 0 Å². The zero-order valence-electron chi connectivity index (χ0n) is 8.96. The molecule has 14 heavy (non-hydrogen) atoms. The number of fused-ring (bicyclic) bond motifs is 1. The van der Waals surface area contributed by atoms with E-state index in [2.05, 4.69) is 48.5 Å². The van der Waals surface area contributed by atoms with Gasteiger partial charge in [0, 0.05) is 31.9 Å². The van der Waals surface area contributed by atoms with Crippen LogP contribution in [-0.4, -0.2) is 19.6 Å². The molecule has 2 heteroatoms. The smallest absolute Gasteiger partial charge is 0.0409 e. The number of para-hydroxylation sites is 1. The van der Waals surface area contributed by atoms with Crippen LogP contribution in [0.5, 0.6) is 0 Å². The fraction of sp³-hybridized carbons (Fsp3) is 0.500. The Morgan fingerprint density at radius 1 is 1.43 bits per heavy atom. The van der Waals surface area contributed by atoms with Gasteiger partial charge in [-0.15, -0.1) is 0 Å². The van der Waals surface area contributed by atoms with Gasteiger partial charge in [-0.05, 0) is 18.1 Å². The molecule has 2 rings (SSSR count). The summed E-state index contributed by atoms with van der Waals surface area (Å²) in [7, 11) is 2.18. The Morgan fingerprint density at radius 3 is 3.00 bits per heavy atom. The van der Waals surface area contributed by atoms with Crippen LogP contribution in [0.2, 0.25) is 0 Å². The predicted molar refractivity (Wildman–Crippen MR) is 60.6 cm³/mol. The highest BCUT2D eigenvalue weighted by molar-refractivity contribution is 5.53. The lowest BCUT2D eigenvalue weighted by molar-refractivity contribution is 0.510. The first-order valence-electron chi connectivity index (χ1n) is 5.33. The quantitative estimate of drug-likeness (QED) is 0.728. The van der Waals surface area contributed by atoms with Crippen molar-refractivity contribution in [1.29, 1.82) is 0 Å². The summed E-state index contributed by atoms with van der Waals surface area (Å²) in [5.74, 6) is 0. The molecular weight excluding hydrogens is 172 g/mol. The zero-order chi connectivity index (χ0) is 9.97. The Morgan fingerprint density at radius 2 is 2.21 bits per heavy atom. The molecule has 0 radical (unpaired) electrons. The van der Waals surface area contributed by atoms with Crippen molar-refractivity contribution >= 4 is 5.69 Å². The molecule has 0 aromatic heterocycles. The topological polar surface area (TPSA) is 15.3 Å². The second kappa shape index (κ2) is 4.01. The van der Waals surface area contributed by atoms with Crippen molar-refractivity contribution in [2.75, 3.05) is 18.5 Å². The van der Waals surface area contributed by atoms with Gasteiger partial charge in [0.2, 0.25) is 0 Å². The van der Waals surface area contributed by atoms with Crippen LogP contribution < -0.4 is 10.2 Å². The Balaban J connectivity index is 2.26. The Bertz CT molecular complexity index is 309. The van der Waals surface area contributed by atoms with E-state index in [0.717, 1.165) is 13.1 Å². The third-order valence-corrected chi connectivity index (χ3v) is 2.97. The molecular formula is C12H18N2. The molecule has 0 saturated carbocycles. The summed E-state index contributed by atoms with van der Waals surface area (Å²) in [6.45, 7) is 4.34. The molecule has 1 unspecified atom stereocenters. The number of benzene rings is 1. The van der Waals surface area contributed by atoms with Gasteiger partial charge in [0.1, 0.15) is 0 Å². The molecule has 0 amide bonds. The molecule has 1 aliphatic heterocycles. The summed E-state index contributed by atoms with van der Waals surface area (Å²) in [6, 6.07) is 9.25. The van der Waals surface area contributed by atoms with Gasteiger partial charge >= 0.3 is 0 Å². The fourth-order valence-corrected chi connectivity index (χ4v) is 2.05. The molecule has 0 fully saturated rings. The van der Waals surface area contributed by atoms with E-state index in [1.807, 2.05) is 0 Å². The molecule has 0 bridgehead atoms. The van der Waals surface area contributed by atoms with Gasteiger partial charge in [-0.1, -0.05) is 25.1 Å². The molecule has 0 saturated heterocycles. The van der Waals surface area contributed by atoms with Gasteiger partial charge < -0.3 is 10.2 Å². The summed E-state index contributed by atoms with van der Waals surface area (Å²) >= 11 is 0. The Hall–Kier alpha value is -1.02. The number of nitrogens with one attached hydrogen (secondary N) is 1. The van der Waals surface area contributed by atoms with E-state index in [1.165, 1.54) is 17.7 Å². The monoisotopic (exact) mass is 190 g/mol. The normalized spacial score (nSPS) is 21.6. The van der Waals surface area contributed by atoms with Crippen molar-refractivity contribution in [3.63, 3.8) is 0 Å². The summed E-state index contributed by atoms with van der Waals surface area (Å²) in [5, 5.41) is 3.58. The third kappa shape index (κ3) is 1.75. The van der Waals surface area contributed by atoms with E-state index in [-0.39, 0.29) is 0 Å². The SMILES string of the molecule is CCC1CN(C)c2ccccc2CN1. The molecule has 2 nitrogen and oxygen atoms in total. The van der Waals surface area contributed by atoms with Gasteiger partial charge in [-0.2, -0.15) is 0 Å². The maximum atomic E-state index is 3.58. The molecule has 1 aromatic carbocycles. The highest BCUT2D eigenvalue weighted by atomic mass is 15.1. The minimum absolute atomic E-state index is 0.618. The predicted octanol–water partition coefficient (Wildman–Crippen LogP) is 2.00. The average Bonchev–Trinajstić information content (AvgIpc) is 2.39. The Kier molecular flexibility index (Phi) is 2.73. The molecule has 76 valence electrons. The molecule has 1 aliphatic rings. The van der Waals surface area contributed by atoms with Crippen LogP contribution in [0.3, 0.4) is 0 Å². The second-order valence-corrected chi connectivity index (χ2v) is 4.00. The lowest BCUT2D eigenvalue weighted by atomic mass is 10.2. The second-order valence-electron chi connectivity index (χ2n) is 4.00. The summed E-state index contributed by atoms with van der Waals surface area (Å²) < 4.78 is 0. The van der Waals surface area contributed by atoms with E-state index in [4.69, 9.17) is 0 Å². The van der Waals surface area contributed by atoms with Crippen molar-refractivity contribution in [3.8, 4) is 0 Å². The fourth-order valence-electron chi connectivity index (χ4n) is 2.05. The molecule has 0 spiro atoms. The van der Waals surface area contributed by atoms with Crippen molar-refractivity contribution in [3.05, 3.63) is 29.8 Å². The van der Waals surface area contributed by atoms with Crippen molar-refractivity contribution < 1.29 is 0 Å².